The van der Waals surface area contributed by atoms with Crippen molar-refractivity contribution < 1.29 is 4.79 Å². The SMILES string of the molecule is Cc1nn(C)c(C)c1C=CC(=O)NC(C)C(C)C. The topological polar surface area (TPSA) is 46.9 Å². The summed E-state index contributed by atoms with van der Waals surface area (Å²) in [7, 11) is 1.90. The van der Waals surface area contributed by atoms with Crippen LogP contribution in [0.4, 0.5) is 0 Å². The van der Waals surface area contributed by atoms with E-state index in [1.165, 1.54) is 0 Å². The maximum atomic E-state index is 11.7. The predicted molar refractivity (Wildman–Crippen MR) is 74.2 cm³/mol. The molecule has 0 aromatic carbocycles. The van der Waals surface area contributed by atoms with Crippen molar-refractivity contribution in [3.05, 3.63) is 23.0 Å². The molecule has 1 rings (SSSR count). The number of hydrogen-bond donors (Lipinski definition) is 1. The first-order chi connectivity index (χ1) is 8.32. The van der Waals surface area contributed by atoms with E-state index in [2.05, 4.69) is 24.3 Å². The van der Waals surface area contributed by atoms with Gasteiger partial charge >= 0.3 is 0 Å². The lowest BCUT2D eigenvalue weighted by atomic mass is 10.1. The van der Waals surface area contributed by atoms with E-state index in [1.54, 1.807) is 6.08 Å². The summed E-state index contributed by atoms with van der Waals surface area (Å²) in [6.45, 7) is 10.1. The molecule has 1 atom stereocenters. The van der Waals surface area contributed by atoms with Crippen LogP contribution in [0.3, 0.4) is 0 Å². The molecule has 0 aliphatic rings. The normalized spacial score (nSPS) is 13.3. The molecule has 0 spiro atoms. The third kappa shape index (κ3) is 3.45. The van der Waals surface area contributed by atoms with Gasteiger partial charge in [-0.2, -0.15) is 5.10 Å². The first-order valence-corrected chi connectivity index (χ1v) is 6.31. The molecule has 100 valence electrons. The Labute approximate surface area is 109 Å². The second-order valence-electron chi connectivity index (χ2n) is 5.08. The molecular formula is C14H23N3O. The molecule has 18 heavy (non-hydrogen) atoms. The molecule has 0 aliphatic heterocycles. The van der Waals surface area contributed by atoms with Crippen LogP contribution >= 0.6 is 0 Å². The molecule has 0 aliphatic carbocycles. The zero-order valence-electron chi connectivity index (χ0n) is 12.1. The zero-order valence-corrected chi connectivity index (χ0v) is 12.1. The van der Waals surface area contributed by atoms with E-state index in [-0.39, 0.29) is 11.9 Å². The molecular weight excluding hydrogens is 226 g/mol. The number of rotatable bonds is 4. The minimum atomic E-state index is -0.0566. The molecule has 0 fully saturated rings. The summed E-state index contributed by atoms with van der Waals surface area (Å²) in [5.41, 5.74) is 3.02. The third-order valence-corrected chi connectivity index (χ3v) is 3.34. The highest BCUT2D eigenvalue weighted by atomic mass is 16.1. The number of amides is 1. The zero-order chi connectivity index (χ0) is 13.9. The van der Waals surface area contributed by atoms with Crippen molar-refractivity contribution in [3.63, 3.8) is 0 Å². The average molecular weight is 249 g/mol. The number of nitrogens with zero attached hydrogens (tertiary/aromatic N) is 2. The quantitative estimate of drug-likeness (QED) is 0.832. The van der Waals surface area contributed by atoms with Crippen molar-refractivity contribution in [1.29, 1.82) is 0 Å². The summed E-state index contributed by atoms with van der Waals surface area (Å²) >= 11 is 0. The van der Waals surface area contributed by atoms with Gasteiger partial charge in [0.25, 0.3) is 0 Å². The average Bonchev–Trinajstić information content (AvgIpc) is 2.51. The molecule has 1 aromatic heterocycles. The Morgan fingerprint density at radius 2 is 1.94 bits per heavy atom. The van der Waals surface area contributed by atoms with E-state index in [1.807, 2.05) is 38.6 Å². The van der Waals surface area contributed by atoms with Crippen molar-refractivity contribution >= 4 is 12.0 Å². The molecule has 0 saturated carbocycles. The first kappa shape index (κ1) is 14.5. The highest BCUT2D eigenvalue weighted by molar-refractivity contribution is 5.92. The summed E-state index contributed by atoms with van der Waals surface area (Å²) in [5, 5.41) is 7.25. The van der Waals surface area contributed by atoms with Gasteiger partial charge in [0.2, 0.25) is 5.91 Å². The van der Waals surface area contributed by atoms with Crippen LogP contribution in [0.25, 0.3) is 6.08 Å². The fourth-order valence-corrected chi connectivity index (χ4v) is 1.63. The summed E-state index contributed by atoms with van der Waals surface area (Å²) in [5.74, 6) is 0.378. The van der Waals surface area contributed by atoms with Crippen LogP contribution in [0.1, 0.15) is 37.7 Å². The lowest BCUT2D eigenvalue weighted by molar-refractivity contribution is -0.117. The Hall–Kier alpha value is -1.58. The van der Waals surface area contributed by atoms with Gasteiger partial charge in [-0.25, -0.2) is 0 Å². The van der Waals surface area contributed by atoms with Gasteiger partial charge in [0.15, 0.2) is 0 Å². The second kappa shape index (κ2) is 5.85. The minimum absolute atomic E-state index is 0.0566. The Kier molecular flexibility index (Phi) is 4.70. The van der Waals surface area contributed by atoms with E-state index in [4.69, 9.17) is 0 Å². The summed E-state index contributed by atoms with van der Waals surface area (Å²) < 4.78 is 1.82. The minimum Gasteiger partial charge on any atom is -0.350 e. The summed E-state index contributed by atoms with van der Waals surface area (Å²) in [4.78, 5) is 11.7. The van der Waals surface area contributed by atoms with Gasteiger partial charge in [0.05, 0.1) is 5.69 Å². The van der Waals surface area contributed by atoms with Gasteiger partial charge in [-0.05, 0) is 32.8 Å². The van der Waals surface area contributed by atoms with Crippen LogP contribution in [-0.4, -0.2) is 21.7 Å². The van der Waals surface area contributed by atoms with Crippen LogP contribution in [0.2, 0.25) is 0 Å². The largest absolute Gasteiger partial charge is 0.350 e. The molecule has 1 unspecified atom stereocenters. The maximum absolute atomic E-state index is 11.7. The Bertz CT molecular complexity index is 458. The highest BCUT2D eigenvalue weighted by Gasteiger charge is 2.09. The lowest BCUT2D eigenvalue weighted by Gasteiger charge is -2.15. The molecule has 0 radical (unpaired) electrons. The second-order valence-corrected chi connectivity index (χ2v) is 5.08. The van der Waals surface area contributed by atoms with Gasteiger partial charge in [0.1, 0.15) is 0 Å². The van der Waals surface area contributed by atoms with E-state index in [0.717, 1.165) is 17.0 Å². The van der Waals surface area contributed by atoms with Crippen LogP contribution in [0, 0.1) is 19.8 Å². The molecule has 0 bridgehead atoms. The number of carbonyl (C=O) groups is 1. The van der Waals surface area contributed by atoms with Gasteiger partial charge in [-0.3, -0.25) is 9.48 Å². The van der Waals surface area contributed by atoms with Crippen molar-refractivity contribution in [2.24, 2.45) is 13.0 Å². The van der Waals surface area contributed by atoms with Crippen LogP contribution < -0.4 is 5.32 Å². The first-order valence-electron chi connectivity index (χ1n) is 6.31. The van der Waals surface area contributed by atoms with Gasteiger partial charge in [-0.15, -0.1) is 0 Å². The van der Waals surface area contributed by atoms with Gasteiger partial charge in [-0.1, -0.05) is 13.8 Å². The smallest absolute Gasteiger partial charge is 0.244 e. The Balaban J connectivity index is 2.72. The lowest BCUT2D eigenvalue weighted by Crippen LogP contribution is -2.34. The predicted octanol–water partition coefficient (Wildman–Crippen LogP) is 2.21. The van der Waals surface area contributed by atoms with E-state index >= 15 is 0 Å². The van der Waals surface area contributed by atoms with E-state index in [0.29, 0.717) is 5.92 Å². The summed E-state index contributed by atoms with van der Waals surface area (Å²) in [6.07, 6.45) is 3.41. The number of aromatic nitrogens is 2. The fourth-order valence-electron chi connectivity index (χ4n) is 1.63. The number of aryl methyl sites for hydroxylation is 2. The standard InChI is InChI=1S/C14H23N3O/c1-9(2)10(3)15-14(18)8-7-13-11(4)16-17(6)12(13)5/h7-10H,1-6H3,(H,15,18). The fraction of sp³-hybridized carbons (Fsp3) is 0.571. The Morgan fingerprint density at radius 3 is 2.39 bits per heavy atom. The molecule has 1 heterocycles. The molecule has 4 heteroatoms. The maximum Gasteiger partial charge on any atom is 0.244 e. The van der Waals surface area contributed by atoms with E-state index < -0.39 is 0 Å². The number of hydrogen-bond acceptors (Lipinski definition) is 2. The van der Waals surface area contributed by atoms with Crippen LogP contribution in [0.15, 0.2) is 6.08 Å². The Morgan fingerprint density at radius 1 is 1.33 bits per heavy atom. The number of carbonyl (C=O) groups excluding carboxylic acids is 1. The van der Waals surface area contributed by atoms with Crippen molar-refractivity contribution in [1.82, 2.24) is 15.1 Å². The summed E-state index contributed by atoms with van der Waals surface area (Å²) in [6, 6.07) is 0.179. The van der Waals surface area contributed by atoms with Crippen molar-refractivity contribution in [2.75, 3.05) is 0 Å². The third-order valence-electron chi connectivity index (χ3n) is 3.34. The molecule has 1 N–H and O–H groups in total. The van der Waals surface area contributed by atoms with Crippen molar-refractivity contribution in [3.8, 4) is 0 Å². The van der Waals surface area contributed by atoms with E-state index in [9.17, 15) is 4.79 Å². The van der Waals surface area contributed by atoms with Crippen LogP contribution in [0.5, 0.6) is 0 Å². The molecule has 0 saturated heterocycles. The molecule has 4 nitrogen and oxygen atoms in total. The van der Waals surface area contributed by atoms with Crippen molar-refractivity contribution in [2.45, 2.75) is 40.7 Å². The highest BCUT2D eigenvalue weighted by Crippen LogP contribution is 2.13. The molecule has 1 aromatic rings. The molecule has 1 amide bonds. The number of nitrogens with one attached hydrogen (secondary N) is 1. The van der Waals surface area contributed by atoms with Gasteiger partial charge in [0, 0.05) is 30.4 Å². The van der Waals surface area contributed by atoms with Gasteiger partial charge < -0.3 is 5.32 Å². The monoisotopic (exact) mass is 249 g/mol. The van der Waals surface area contributed by atoms with Crippen LogP contribution in [-0.2, 0) is 11.8 Å².